The Balaban J connectivity index is 2.82. The van der Waals surface area contributed by atoms with Crippen molar-refractivity contribution in [1.82, 2.24) is 5.48 Å². The standard InChI is InChI=1S/C16H24NO2/c1-15(2,3)13(12-10-8-7-9-11-12)17-19-14(18)16(4,5)6/h7-11,13H,1-6H3. The van der Waals surface area contributed by atoms with Gasteiger partial charge in [0.1, 0.15) is 0 Å². The maximum Gasteiger partial charge on any atom is 0.332 e. The van der Waals surface area contributed by atoms with E-state index in [9.17, 15) is 4.79 Å². The van der Waals surface area contributed by atoms with Crippen molar-refractivity contribution in [3.63, 3.8) is 0 Å². The van der Waals surface area contributed by atoms with Gasteiger partial charge < -0.3 is 4.84 Å². The summed E-state index contributed by atoms with van der Waals surface area (Å²) in [6, 6.07) is 9.74. The molecule has 0 amide bonds. The second kappa shape index (κ2) is 5.74. The molecule has 0 spiro atoms. The summed E-state index contributed by atoms with van der Waals surface area (Å²) >= 11 is 0. The molecule has 1 rings (SSSR count). The van der Waals surface area contributed by atoms with Crippen LogP contribution in [0.3, 0.4) is 0 Å². The lowest BCUT2D eigenvalue weighted by Crippen LogP contribution is -2.33. The number of rotatable bonds is 3. The zero-order valence-corrected chi connectivity index (χ0v) is 12.7. The van der Waals surface area contributed by atoms with Gasteiger partial charge >= 0.3 is 5.97 Å². The van der Waals surface area contributed by atoms with Crippen LogP contribution in [0.1, 0.15) is 53.1 Å². The Bertz CT molecular complexity index is 413. The third-order valence-corrected chi connectivity index (χ3v) is 2.79. The maximum atomic E-state index is 11.8. The zero-order chi connectivity index (χ0) is 14.7. The third kappa shape index (κ3) is 4.67. The third-order valence-electron chi connectivity index (χ3n) is 2.79. The number of benzene rings is 1. The first kappa shape index (κ1) is 15.7. The molecule has 0 aromatic heterocycles. The Morgan fingerprint density at radius 1 is 1.05 bits per heavy atom. The number of carbonyl (C=O) groups excluding carboxylic acids is 1. The van der Waals surface area contributed by atoms with E-state index in [0.717, 1.165) is 5.56 Å². The average molecular weight is 262 g/mol. The van der Waals surface area contributed by atoms with Crippen LogP contribution in [-0.4, -0.2) is 5.97 Å². The van der Waals surface area contributed by atoms with E-state index in [1.807, 2.05) is 51.1 Å². The van der Waals surface area contributed by atoms with Crippen LogP contribution in [0.2, 0.25) is 0 Å². The molecule has 3 nitrogen and oxygen atoms in total. The summed E-state index contributed by atoms with van der Waals surface area (Å²) in [5.74, 6) is -0.308. The van der Waals surface area contributed by atoms with E-state index in [1.165, 1.54) is 0 Å². The summed E-state index contributed by atoms with van der Waals surface area (Å²) in [4.78, 5) is 16.9. The Morgan fingerprint density at radius 3 is 2.00 bits per heavy atom. The van der Waals surface area contributed by atoms with Gasteiger partial charge in [-0.3, -0.25) is 0 Å². The van der Waals surface area contributed by atoms with Crippen LogP contribution in [0, 0.1) is 10.8 Å². The molecule has 0 bridgehead atoms. The summed E-state index contributed by atoms with van der Waals surface area (Å²) in [5.41, 5.74) is 4.58. The summed E-state index contributed by atoms with van der Waals surface area (Å²) in [6.07, 6.45) is 0. The van der Waals surface area contributed by atoms with E-state index in [-0.39, 0.29) is 17.4 Å². The number of nitrogens with zero attached hydrogens (tertiary/aromatic N) is 1. The molecule has 0 saturated heterocycles. The van der Waals surface area contributed by atoms with Crippen LogP contribution in [-0.2, 0) is 9.63 Å². The van der Waals surface area contributed by atoms with Crippen LogP contribution < -0.4 is 5.48 Å². The molecule has 3 heteroatoms. The lowest BCUT2D eigenvalue weighted by molar-refractivity contribution is -0.165. The fourth-order valence-electron chi connectivity index (χ4n) is 1.59. The average Bonchev–Trinajstić information content (AvgIpc) is 2.27. The van der Waals surface area contributed by atoms with Gasteiger partial charge in [0.15, 0.2) is 0 Å². The highest BCUT2D eigenvalue weighted by atomic mass is 16.7. The predicted molar refractivity (Wildman–Crippen MR) is 76.3 cm³/mol. The Morgan fingerprint density at radius 2 is 1.58 bits per heavy atom. The van der Waals surface area contributed by atoms with E-state index < -0.39 is 5.41 Å². The van der Waals surface area contributed by atoms with Crippen LogP contribution in [0.15, 0.2) is 30.3 Å². The monoisotopic (exact) mass is 262 g/mol. The first-order valence-corrected chi connectivity index (χ1v) is 6.59. The van der Waals surface area contributed by atoms with Crippen molar-refractivity contribution in [2.75, 3.05) is 0 Å². The van der Waals surface area contributed by atoms with Crippen molar-refractivity contribution < 1.29 is 9.63 Å². The van der Waals surface area contributed by atoms with Crippen LogP contribution in [0.4, 0.5) is 0 Å². The highest BCUT2D eigenvalue weighted by molar-refractivity contribution is 5.75. The number of hydrogen-bond acceptors (Lipinski definition) is 2. The number of hydrogen-bond donors (Lipinski definition) is 0. The second-order valence-corrected chi connectivity index (χ2v) is 6.91. The molecule has 1 radical (unpaired) electrons. The minimum atomic E-state index is -0.539. The van der Waals surface area contributed by atoms with Gasteiger partial charge in [0.2, 0.25) is 0 Å². The van der Waals surface area contributed by atoms with E-state index in [4.69, 9.17) is 4.84 Å². The molecule has 1 aromatic rings. The van der Waals surface area contributed by atoms with Crippen molar-refractivity contribution in [1.29, 1.82) is 0 Å². The molecule has 0 aliphatic rings. The fourth-order valence-corrected chi connectivity index (χ4v) is 1.59. The lowest BCUT2D eigenvalue weighted by atomic mass is 9.83. The zero-order valence-electron chi connectivity index (χ0n) is 12.7. The molecule has 105 valence electrons. The molecular formula is C16H24NO2. The highest BCUT2D eigenvalue weighted by Crippen LogP contribution is 2.33. The molecule has 1 atom stereocenters. The van der Waals surface area contributed by atoms with Crippen LogP contribution >= 0.6 is 0 Å². The number of carbonyl (C=O) groups is 1. The molecule has 0 saturated carbocycles. The van der Waals surface area contributed by atoms with Crippen molar-refractivity contribution >= 4 is 5.97 Å². The molecule has 0 heterocycles. The first-order valence-electron chi connectivity index (χ1n) is 6.59. The molecule has 1 unspecified atom stereocenters. The van der Waals surface area contributed by atoms with Gasteiger partial charge in [0.25, 0.3) is 0 Å². The SMILES string of the molecule is CC(C)(C)C(=O)O[N]C(c1ccccc1)C(C)(C)C. The largest absolute Gasteiger partial charge is 0.349 e. The van der Waals surface area contributed by atoms with Crippen LogP contribution in [0.5, 0.6) is 0 Å². The Kier molecular flexibility index (Phi) is 4.75. The summed E-state index contributed by atoms with van der Waals surface area (Å²) in [7, 11) is 0. The maximum absolute atomic E-state index is 11.8. The first-order chi connectivity index (χ1) is 8.62. The summed E-state index contributed by atoms with van der Waals surface area (Å²) in [5, 5.41) is 0. The number of hydroxylamine groups is 1. The molecule has 0 N–H and O–H groups in total. The van der Waals surface area contributed by atoms with Gasteiger partial charge in [-0.2, -0.15) is 0 Å². The van der Waals surface area contributed by atoms with Gasteiger partial charge in [0, 0.05) is 0 Å². The van der Waals surface area contributed by atoms with Gasteiger partial charge in [-0.25, -0.2) is 4.79 Å². The molecule has 0 fully saturated rings. The van der Waals surface area contributed by atoms with Crippen molar-refractivity contribution in [3.05, 3.63) is 35.9 Å². The highest BCUT2D eigenvalue weighted by Gasteiger charge is 2.31. The van der Waals surface area contributed by atoms with E-state index >= 15 is 0 Å². The topological polar surface area (TPSA) is 40.4 Å². The molecule has 19 heavy (non-hydrogen) atoms. The van der Waals surface area contributed by atoms with Crippen molar-refractivity contribution in [3.8, 4) is 0 Å². The minimum Gasteiger partial charge on any atom is -0.349 e. The normalized spacial score (nSPS) is 14.0. The van der Waals surface area contributed by atoms with Gasteiger partial charge in [0.05, 0.1) is 11.5 Å². The van der Waals surface area contributed by atoms with Crippen molar-refractivity contribution in [2.24, 2.45) is 10.8 Å². The smallest absolute Gasteiger partial charge is 0.332 e. The molecule has 0 aliphatic carbocycles. The summed E-state index contributed by atoms with van der Waals surface area (Å²) < 4.78 is 0. The Labute approximate surface area is 116 Å². The molecule has 0 aliphatic heterocycles. The van der Waals surface area contributed by atoms with Crippen molar-refractivity contribution in [2.45, 2.75) is 47.6 Å². The van der Waals surface area contributed by atoms with E-state index in [0.29, 0.717) is 0 Å². The second-order valence-electron chi connectivity index (χ2n) is 6.91. The lowest BCUT2D eigenvalue weighted by Gasteiger charge is -2.30. The Hall–Kier alpha value is -1.35. The van der Waals surface area contributed by atoms with Gasteiger partial charge in [-0.05, 0) is 37.2 Å². The predicted octanol–water partition coefficient (Wildman–Crippen LogP) is 3.88. The summed E-state index contributed by atoms with van der Waals surface area (Å²) in [6.45, 7) is 11.7. The van der Waals surface area contributed by atoms with E-state index in [2.05, 4.69) is 26.3 Å². The molecule has 1 aromatic carbocycles. The van der Waals surface area contributed by atoms with Crippen LogP contribution in [0.25, 0.3) is 0 Å². The van der Waals surface area contributed by atoms with Gasteiger partial charge in [-0.15, -0.1) is 0 Å². The van der Waals surface area contributed by atoms with Gasteiger partial charge in [-0.1, -0.05) is 51.1 Å². The quantitative estimate of drug-likeness (QED) is 0.775. The molecular weight excluding hydrogens is 238 g/mol. The minimum absolute atomic E-state index is 0.112. The van der Waals surface area contributed by atoms with E-state index in [1.54, 1.807) is 0 Å². The fraction of sp³-hybridized carbons (Fsp3) is 0.562.